The maximum absolute atomic E-state index is 14.1. The first-order valence-electron chi connectivity index (χ1n) is 9.57. The topological polar surface area (TPSA) is 85.6 Å². The number of aromatic nitrogens is 3. The Hall–Kier alpha value is -3.26. The van der Waals surface area contributed by atoms with Crippen LogP contribution in [-0.2, 0) is 0 Å². The number of piperidine rings is 1. The quantitative estimate of drug-likeness (QED) is 0.428. The molecule has 0 unspecified atom stereocenters. The Labute approximate surface area is 164 Å². The summed E-state index contributed by atoms with van der Waals surface area (Å²) in [6.07, 6.45) is 1.72. The van der Waals surface area contributed by atoms with Crippen molar-refractivity contribution in [1.29, 1.82) is 0 Å². The highest BCUT2D eigenvalue weighted by molar-refractivity contribution is 5.99. The molecule has 1 saturated heterocycles. The number of H-pyrrole nitrogens is 2. The van der Waals surface area contributed by atoms with Crippen LogP contribution in [-0.4, -0.2) is 34.1 Å². The standard InChI is InChI=1S/C21H19F2N5O/c22-13-9-12-17(10-14(13)23)28-21(29)18(19(12)25-11-5-7-24-8-6-11)20-26-15-3-1-2-4-16(15)27-20/h1-4,9-11,24H,5-8H2,(H,26,27)(H2,25,28,29). The molecule has 0 saturated carbocycles. The molecule has 1 aliphatic rings. The van der Waals surface area contributed by atoms with Crippen LogP contribution < -0.4 is 16.2 Å². The molecule has 1 fully saturated rings. The van der Waals surface area contributed by atoms with Crippen LogP contribution in [0.3, 0.4) is 0 Å². The van der Waals surface area contributed by atoms with Crippen LogP contribution in [0.25, 0.3) is 33.3 Å². The Balaban J connectivity index is 1.76. The van der Waals surface area contributed by atoms with Gasteiger partial charge in [0.25, 0.3) is 5.56 Å². The third-order valence-corrected chi connectivity index (χ3v) is 5.37. The molecule has 0 bridgehead atoms. The molecule has 29 heavy (non-hydrogen) atoms. The first-order chi connectivity index (χ1) is 14.1. The van der Waals surface area contributed by atoms with Crippen LogP contribution in [0.1, 0.15) is 12.8 Å². The lowest BCUT2D eigenvalue weighted by Gasteiger charge is -2.26. The van der Waals surface area contributed by atoms with Crippen LogP contribution in [0.5, 0.6) is 0 Å². The lowest BCUT2D eigenvalue weighted by molar-refractivity contribution is 0.479. The van der Waals surface area contributed by atoms with Crippen molar-refractivity contribution in [2.45, 2.75) is 18.9 Å². The monoisotopic (exact) mass is 395 g/mol. The number of pyridine rings is 1. The van der Waals surface area contributed by atoms with Gasteiger partial charge in [-0.25, -0.2) is 13.8 Å². The van der Waals surface area contributed by atoms with E-state index in [4.69, 9.17) is 0 Å². The molecule has 0 radical (unpaired) electrons. The zero-order valence-corrected chi connectivity index (χ0v) is 15.5. The van der Waals surface area contributed by atoms with Crippen molar-refractivity contribution in [3.05, 3.63) is 58.4 Å². The Bertz CT molecular complexity index is 1240. The Kier molecular flexibility index (Phi) is 4.28. The number of nitrogens with zero attached hydrogens (tertiary/aromatic N) is 1. The highest BCUT2D eigenvalue weighted by Gasteiger charge is 2.22. The molecule has 4 N–H and O–H groups in total. The number of hydrogen-bond acceptors (Lipinski definition) is 4. The fraction of sp³-hybridized carbons (Fsp3) is 0.238. The van der Waals surface area contributed by atoms with E-state index in [0.717, 1.165) is 49.1 Å². The molecule has 4 aromatic rings. The van der Waals surface area contributed by atoms with Gasteiger partial charge in [0.2, 0.25) is 0 Å². The summed E-state index contributed by atoms with van der Waals surface area (Å²) in [7, 11) is 0. The molecule has 2 aromatic heterocycles. The summed E-state index contributed by atoms with van der Waals surface area (Å²) in [5.41, 5.74) is 2.09. The van der Waals surface area contributed by atoms with Crippen molar-refractivity contribution in [2.24, 2.45) is 0 Å². The van der Waals surface area contributed by atoms with Crippen LogP contribution >= 0.6 is 0 Å². The van der Waals surface area contributed by atoms with Gasteiger partial charge in [-0.05, 0) is 44.1 Å². The summed E-state index contributed by atoms with van der Waals surface area (Å²) < 4.78 is 27.9. The smallest absolute Gasteiger partial charge is 0.261 e. The number of halogens is 2. The van der Waals surface area contributed by atoms with E-state index in [9.17, 15) is 13.6 Å². The third kappa shape index (κ3) is 3.15. The van der Waals surface area contributed by atoms with Crippen molar-refractivity contribution in [3.63, 3.8) is 0 Å². The molecule has 148 valence electrons. The molecular weight excluding hydrogens is 376 g/mol. The van der Waals surface area contributed by atoms with E-state index in [1.807, 2.05) is 24.3 Å². The van der Waals surface area contributed by atoms with Gasteiger partial charge < -0.3 is 20.6 Å². The van der Waals surface area contributed by atoms with Crippen LogP contribution in [0.4, 0.5) is 14.5 Å². The summed E-state index contributed by atoms with van der Waals surface area (Å²) in [4.78, 5) is 23.4. The predicted octanol–water partition coefficient (Wildman–Crippen LogP) is 3.51. The highest BCUT2D eigenvalue weighted by atomic mass is 19.2. The van der Waals surface area contributed by atoms with Crippen LogP contribution in [0.15, 0.2) is 41.2 Å². The van der Waals surface area contributed by atoms with Gasteiger partial charge in [0.05, 0.1) is 22.2 Å². The number of aromatic amines is 2. The SMILES string of the molecule is O=c1[nH]c2cc(F)c(F)cc2c(NC2CCNCC2)c1-c1nc2ccccc2[nH]1. The number of rotatable bonds is 3. The van der Waals surface area contributed by atoms with E-state index in [0.29, 0.717) is 22.5 Å². The Morgan fingerprint density at radius 2 is 1.76 bits per heavy atom. The molecule has 0 amide bonds. The lowest BCUT2D eigenvalue weighted by Crippen LogP contribution is -2.35. The molecular formula is C21H19F2N5O. The lowest BCUT2D eigenvalue weighted by atomic mass is 10.0. The minimum atomic E-state index is -1.00. The number of hydrogen-bond donors (Lipinski definition) is 4. The molecule has 0 aliphatic carbocycles. The Morgan fingerprint density at radius 1 is 1.00 bits per heavy atom. The Morgan fingerprint density at radius 3 is 2.55 bits per heavy atom. The van der Waals surface area contributed by atoms with Gasteiger partial charge in [0.1, 0.15) is 11.4 Å². The number of nitrogens with one attached hydrogen (secondary N) is 4. The van der Waals surface area contributed by atoms with E-state index < -0.39 is 17.2 Å². The van der Waals surface area contributed by atoms with Gasteiger partial charge >= 0.3 is 0 Å². The third-order valence-electron chi connectivity index (χ3n) is 5.37. The first kappa shape index (κ1) is 17.8. The highest BCUT2D eigenvalue weighted by Crippen LogP contribution is 2.33. The summed E-state index contributed by atoms with van der Waals surface area (Å²) in [5.74, 6) is -1.58. The second-order valence-corrected chi connectivity index (χ2v) is 7.29. The fourth-order valence-corrected chi connectivity index (χ4v) is 3.91. The van der Waals surface area contributed by atoms with E-state index in [1.54, 1.807) is 0 Å². The summed E-state index contributed by atoms with van der Waals surface area (Å²) >= 11 is 0. The van der Waals surface area contributed by atoms with Crippen LogP contribution in [0.2, 0.25) is 0 Å². The van der Waals surface area contributed by atoms with Crippen molar-refractivity contribution in [2.75, 3.05) is 18.4 Å². The number of benzene rings is 2. The van der Waals surface area contributed by atoms with Crippen LogP contribution in [0, 0.1) is 11.6 Å². The zero-order valence-electron chi connectivity index (χ0n) is 15.5. The second kappa shape index (κ2) is 6.97. The molecule has 0 spiro atoms. The molecule has 8 heteroatoms. The van der Waals surface area contributed by atoms with Crippen molar-refractivity contribution in [3.8, 4) is 11.4 Å². The van der Waals surface area contributed by atoms with Crippen molar-refractivity contribution < 1.29 is 8.78 Å². The second-order valence-electron chi connectivity index (χ2n) is 7.29. The summed E-state index contributed by atoms with van der Waals surface area (Å²) in [6, 6.07) is 9.71. The first-order valence-corrected chi connectivity index (χ1v) is 9.57. The number of para-hydroxylation sites is 2. The molecule has 1 aliphatic heterocycles. The van der Waals surface area contributed by atoms with Gasteiger partial charge in [-0.2, -0.15) is 0 Å². The van der Waals surface area contributed by atoms with Crippen molar-refractivity contribution >= 4 is 27.6 Å². The van der Waals surface area contributed by atoms with E-state index in [1.165, 1.54) is 0 Å². The molecule has 5 rings (SSSR count). The fourth-order valence-electron chi connectivity index (χ4n) is 3.91. The number of imidazole rings is 1. The molecule has 3 heterocycles. The molecule has 2 aromatic carbocycles. The number of fused-ring (bicyclic) bond motifs is 2. The molecule has 0 atom stereocenters. The number of anilines is 1. The van der Waals surface area contributed by atoms with Gasteiger partial charge in [0.15, 0.2) is 11.6 Å². The average Bonchev–Trinajstić information content (AvgIpc) is 3.14. The van der Waals surface area contributed by atoms with Gasteiger partial charge in [-0.15, -0.1) is 0 Å². The maximum atomic E-state index is 14.1. The summed E-state index contributed by atoms with van der Waals surface area (Å²) in [6.45, 7) is 1.70. The van der Waals surface area contributed by atoms with Gasteiger partial charge in [0, 0.05) is 17.5 Å². The van der Waals surface area contributed by atoms with E-state index >= 15 is 0 Å². The van der Waals surface area contributed by atoms with E-state index in [2.05, 4.69) is 25.6 Å². The largest absolute Gasteiger partial charge is 0.381 e. The summed E-state index contributed by atoms with van der Waals surface area (Å²) in [5, 5.41) is 7.12. The van der Waals surface area contributed by atoms with Gasteiger partial charge in [-0.3, -0.25) is 4.79 Å². The molecule has 6 nitrogen and oxygen atoms in total. The maximum Gasteiger partial charge on any atom is 0.261 e. The normalized spacial score (nSPS) is 15.2. The predicted molar refractivity (Wildman–Crippen MR) is 109 cm³/mol. The van der Waals surface area contributed by atoms with Gasteiger partial charge in [-0.1, -0.05) is 12.1 Å². The minimum Gasteiger partial charge on any atom is -0.381 e. The zero-order chi connectivity index (χ0) is 20.0. The average molecular weight is 395 g/mol. The minimum absolute atomic E-state index is 0.109. The van der Waals surface area contributed by atoms with Crippen molar-refractivity contribution in [1.82, 2.24) is 20.3 Å². The van der Waals surface area contributed by atoms with E-state index in [-0.39, 0.29) is 11.6 Å².